The highest BCUT2D eigenvalue weighted by Gasteiger charge is 2.48. The van der Waals surface area contributed by atoms with Crippen LogP contribution in [0.4, 0.5) is 23.4 Å². The van der Waals surface area contributed by atoms with Crippen molar-refractivity contribution in [2.45, 2.75) is 56.9 Å². The third kappa shape index (κ3) is 6.06. The van der Waals surface area contributed by atoms with E-state index in [1.165, 1.54) is 54.1 Å². The van der Waals surface area contributed by atoms with Gasteiger partial charge in [-0.15, -0.1) is 0 Å². The zero-order valence-corrected chi connectivity index (χ0v) is 25.3. The van der Waals surface area contributed by atoms with Gasteiger partial charge in [0.2, 0.25) is 0 Å². The van der Waals surface area contributed by atoms with E-state index in [0.717, 1.165) is 12.1 Å². The maximum Gasteiger partial charge on any atom is 0.416 e. The number of amides is 3. The van der Waals surface area contributed by atoms with E-state index in [2.05, 4.69) is 5.32 Å². The fourth-order valence-electron chi connectivity index (χ4n) is 5.89. The number of nitrogens with zero attached hydrogens (tertiary/aromatic N) is 5. The zero-order chi connectivity index (χ0) is 33.3. The number of nitrogens with one attached hydrogen (secondary N) is 1. The molecule has 3 amide bonds. The van der Waals surface area contributed by atoms with Crippen molar-refractivity contribution in [1.29, 1.82) is 5.26 Å². The number of carbonyl (C=O) groups is 3. The van der Waals surface area contributed by atoms with Gasteiger partial charge in [0.1, 0.15) is 23.7 Å². The minimum atomic E-state index is -4.71. The SMILES string of the molecule is CCN1C(=O)[C@@H](NC(=O)c2cccc(C(F)(F)F)c2)[C@@H](c2ccc(F)cc2)c2c(C(=O)N(C)[C@H](C)C#N)nn(C3CCOCC3)c21. The molecule has 2 aliphatic heterocycles. The molecule has 1 N–H and O–H groups in total. The summed E-state index contributed by atoms with van der Waals surface area (Å²) in [6.07, 6.45) is -3.63. The lowest BCUT2D eigenvalue weighted by atomic mass is 9.80. The van der Waals surface area contributed by atoms with E-state index in [4.69, 9.17) is 9.84 Å². The van der Waals surface area contributed by atoms with Crippen LogP contribution in [0, 0.1) is 17.1 Å². The molecule has 0 unspecified atom stereocenters. The van der Waals surface area contributed by atoms with E-state index in [1.54, 1.807) is 11.6 Å². The first-order chi connectivity index (χ1) is 21.9. The van der Waals surface area contributed by atoms with Crippen LogP contribution in [0.15, 0.2) is 48.5 Å². The Morgan fingerprint density at radius 3 is 2.46 bits per heavy atom. The predicted octanol–water partition coefficient (Wildman–Crippen LogP) is 4.67. The summed E-state index contributed by atoms with van der Waals surface area (Å²) in [5.41, 5.74) is -0.799. The Hall–Kier alpha value is -4.77. The van der Waals surface area contributed by atoms with Crippen molar-refractivity contribution in [2.75, 3.05) is 31.7 Å². The molecule has 3 heterocycles. The first-order valence-corrected chi connectivity index (χ1v) is 14.8. The van der Waals surface area contributed by atoms with Gasteiger partial charge in [-0.3, -0.25) is 19.3 Å². The quantitative estimate of drug-likeness (QED) is 0.375. The van der Waals surface area contributed by atoms with Gasteiger partial charge in [-0.05, 0) is 62.6 Å². The number of fused-ring (bicyclic) bond motifs is 1. The molecule has 0 spiro atoms. The molecule has 2 aliphatic rings. The third-order valence-corrected chi connectivity index (χ3v) is 8.46. The lowest BCUT2D eigenvalue weighted by Gasteiger charge is -2.39. The van der Waals surface area contributed by atoms with Crippen molar-refractivity contribution in [1.82, 2.24) is 20.0 Å². The summed E-state index contributed by atoms with van der Waals surface area (Å²) in [5, 5.41) is 16.9. The normalized spacial score (nSPS) is 19.3. The average Bonchev–Trinajstić information content (AvgIpc) is 3.44. The maximum atomic E-state index is 14.3. The van der Waals surface area contributed by atoms with Crippen LogP contribution in [0.2, 0.25) is 0 Å². The number of aromatic nitrogens is 2. The number of likely N-dealkylation sites (N-methyl/N-ethyl adjacent to an activating group) is 1. The van der Waals surface area contributed by atoms with Gasteiger partial charge >= 0.3 is 6.18 Å². The lowest BCUT2D eigenvalue weighted by molar-refractivity contribution is -0.137. The number of benzene rings is 2. The van der Waals surface area contributed by atoms with Crippen molar-refractivity contribution in [3.8, 4) is 6.07 Å². The highest BCUT2D eigenvalue weighted by atomic mass is 19.4. The molecular formula is C32H32F4N6O4. The topological polar surface area (TPSA) is 121 Å². The molecule has 1 saturated heterocycles. The molecule has 0 radical (unpaired) electrons. The Balaban J connectivity index is 1.72. The number of nitriles is 1. The summed E-state index contributed by atoms with van der Waals surface area (Å²) >= 11 is 0. The van der Waals surface area contributed by atoms with Crippen molar-refractivity contribution >= 4 is 23.5 Å². The van der Waals surface area contributed by atoms with E-state index in [-0.39, 0.29) is 29.4 Å². The Labute approximate surface area is 262 Å². The van der Waals surface area contributed by atoms with Gasteiger partial charge in [0.15, 0.2) is 5.69 Å². The second-order valence-electron chi connectivity index (χ2n) is 11.2. The lowest BCUT2D eigenvalue weighted by Crippen LogP contribution is -2.56. The van der Waals surface area contributed by atoms with Gasteiger partial charge in [-0.1, -0.05) is 18.2 Å². The third-order valence-electron chi connectivity index (χ3n) is 8.46. The molecule has 0 saturated carbocycles. The van der Waals surface area contributed by atoms with Gasteiger partial charge in [0.25, 0.3) is 17.7 Å². The van der Waals surface area contributed by atoms with E-state index in [0.29, 0.717) is 43.5 Å². The van der Waals surface area contributed by atoms with Crippen LogP contribution in [0.1, 0.15) is 76.2 Å². The largest absolute Gasteiger partial charge is 0.416 e. The molecule has 3 atom stereocenters. The molecule has 5 rings (SSSR count). The fraction of sp³-hybridized carbons (Fsp3) is 0.406. The molecule has 10 nitrogen and oxygen atoms in total. The average molecular weight is 641 g/mol. The van der Waals surface area contributed by atoms with Gasteiger partial charge in [0.05, 0.1) is 17.7 Å². The first-order valence-electron chi connectivity index (χ1n) is 14.8. The Kier molecular flexibility index (Phi) is 9.16. The second kappa shape index (κ2) is 12.9. The molecule has 1 fully saturated rings. The van der Waals surface area contributed by atoms with Crippen LogP contribution in [-0.4, -0.2) is 71.3 Å². The van der Waals surface area contributed by atoms with Crippen LogP contribution < -0.4 is 10.2 Å². The Morgan fingerprint density at radius 2 is 1.85 bits per heavy atom. The van der Waals surface area contributed by atoms with E-state index >= 15 is 0 Å². The van der Waals surface area contributed by atoms with Crippen molar-refractivity contribution < 1.29 is 36.7 Å². The minimum absolute atomic E-state index is 0.0651. The Bertz CT molecular complexity index is 1680. The molecule has 0 aliphatic carbocycles. The summed E-state index contributed by atoms with van der Waals surface area (Å²) in [5.74, 6) is -3.50. The number of anilines is 1. The van der Waals surface area contributed by atoms with Crippen LogP contribution in [0.3, 0.4) is 0 Å². The molecule has 1 aromatic heterocycles. The van der Waals surface area contributed by atoms with E-state index in [1.807, 2.05) is 6.07 Å². The first kappa shape index (κ1) is 32.6. The molecule has 2 aromatic carbocycles. The molecule has 242 valence electrons. The van der Waals surface area contributed by atoms with E-state index < -0.39 is 53.3 Å². The molecule has 0 bridgehead atoms. The van der Waals surface area contributed by atoms with Crippen molar-refractivity contribution in [2.24, 2.45) is 0 Å². The standard InChI is InChI=1S/C32H32F4N6O4/c1-4-41-29-25(27(30(44)40(3)18(2)17-37)39-42(29)23-12-14-46-15-13-23)24(19-8-10-22(33)11-9-19)26(31(41)45)38-28(43)20-6-5-7-21(16-20)32(34,35)36/h5-11,16,18,23-24,26H,4,12-15H2,1-3H3,(H,38,43)/t18-,24+,26+/m1/s1. The van der Waals surface area contributed by atoms with Gasteiger partial charge in [-0.2, -0.15) is 23.5 Å². The summed E-state index contributed by atoms with van der Waals surface area (Å²) in [4.78, 5) is 44.5. The number of carbonyl (C=O) groups excluding carboxylic acids is 3. The number of hydrogen-bond donors (Lipinski definition) is 1. The number of alkyl halides is 3. The molecule has 46 heavy (non-hydrogen) atoms. The van der Waals surface area contributed by atoms with Crippen LogP contribution in [-0.2, 0) is 15.7 Å². The highest BCUT2D eigenvalue weighted by molar-refractivity contribution is 6.07. The fourth-order valence-corrected chi connectivity index (χ4v) is 5.89. The van der Waals surface area contributed by atoms with Gasteiger partial charge < -0.3 is 15.0 Å². The second-order valence-corrected chi connectivity index (χ2v) is 11.2. The van der Waals surface area contributed by atoms with Crippen LogP contribution in [0.5, 0.6) is 0 Å². The summed E-state index contributed by atoms with van der Waals surface area (Å²) < 4.78 is 61.7. The van der Waals surface area contributed by atoms with Crippen LogP contribution >= 0.6 is 0 Å². The number of halogens is 4. The zero-order valence-electron chi connectivity index (χ0n) is 25.3. The monoisotopic (exact) mass is 640 g/mol. The minimum Gasteiger partial charge on any atom is -0.381 e. The summed E-state index contributed by atoms with van der Waals surface area (Å²) in [6, 6.07) is 8.50. The highest BCUT2D eigenvalue weighted by Crippen LogP contribution is 2.45. The number of rotatable bonds is 7. The number of ether oxygens (including phenoxy) is 1. The molecule has 14 heteroatoms. The molecular weight excluding hydrogens is 608 g/mol. The molecule has 3 aromatic rings. The summed E-state index contributed by atoms with van der Waals surface area (Å²) in [6.45, 7) is 4.19. The van der Waals surface area contributed by atoms with Gasteiger partial charge in [-0.25, -0.2) is 9.07 Å². The predicted molar refractivity (Wildman–Crippen MR) is 157 cm³/mol. The van der Waals surface area contributed by atoms with Crippen LogP contribution in [0.25, 0.3) is 0 Å². The Morgan fingerprint density at radius 1 is 1.17 bits per heavy atom. The maximum absolute atomic E-state index is 14.3. The summed E-state index contributed by atoms with van der Waals surface area (Å²) in [7, 11) is 1.45. The number of hydrogen-bond acceptors (Lipinski definition) is 6. The van der Waals surface area contributed by atoms with Gasteiger partial charge in [0, 0.05) is 43.9 Å². The smallest absolute Gasteiger partial charge is 0.381 e. The van der Waals surface area contributed by atoms with Crippen molar-refractivity contribution in [3.63, 3.8) is 0 Å². The van der Waals surface area contributed by atoms with Crippen molar-refractivity contribution in [3.05, 3.63) is 82.3 Å². The van der Waals surface area contributed by atoms with E-state index in [9.17, 15) is 37.2 Å².